The van der Waals surface area contributed by atoms with E-state index in [-0.39, 0.29) is 17.7 Å². The second-order valence-corrected chi connectivity index (χ2v) is 12.6. The van der Waals surface area contributed by atoms with E-state index in [0.717, 1.165) is 15.6 Å². The van der Waals surface area contributed by atoms with Crippen molar-refractivity contribution in [3.63, 3.8) is 0 Å². The lowest BCUT2D eigenvalue weighted by atomic mass is 9.93. The van der Waals surface area contributed by atoms with Crippen LogP contribution in [0.2, 0.25) is 5.02 Å². The van der Waals surface area contributed by atoms with Gasteiger partial charge in [0.15, 0.2) is 16.3 Å². The monoisotopic (exact) mass is 714 g/mol. The van der Waals surface area contributed by atoms with Gasteiger partial charge in [-0.2, -0.15) is 0 Å². The number of carbonyl (C=O) groups excluding carboxylic acids is 1. The minimum atomic E-state index is -0.802. The Morgan fingerprint density at radius 2 is 1.74 bits per heavy atom. The van der Waals surface area contributed by atoms with E-state index in [4.69, 9.17) is 30.8 Å². The zero-order valence-corrected chi connectivity index (χ0v) is 28.1. The number of rotatable bonds is 9. The van der Waals surface area contributed by atoms with Crippen LogP contribution in [0.15, 0.2) is 117 Å². The maximum absolute atomic E-state index is 14.3. The number of aromatic nitrogens is 1. The number of carbonyl (C=O) groups is 1. The molecule has 0 unspecified atom stereocenters. The first-order valence-corrected chi connectivity index (χ1v) is 16.4. The fourth-order valence-corrected chi connectivity index (χ4v) is 6.62. The van der Waals surface area contributed by atoms with Crippen LogP contribution in [-0.2, 0) is 16.1 Å². The Labute approximate surface area is 282 Å². The Hall–Kier alpha value is -4.44. The molecule has 2 heterocycles. The Kier molecular flexibility index (Phi) is 9.53. The van der Waals surface area contributed by atoms with Crippen LogP contribution in [0.25, 0.3) is 11.8 Å². The minimum absolute atomic E-state index is 0.168. The Balaban J connectivity index is 1.54. The van der Waals surface area contributed by atoms with Gasteiger partial charge in [0.25, 0.3) is 5.56 Å². The topological polar surface area (TPSA) is 79.1 Å². The summed E-state index contributed by atoms with van der Waals surface area (Å²) in [6.45, 7) is 2.22. The van der Waals surface area contributed by atoms with Gasteiger partial charge in [-0.15, -0.1) is 0 Å². The standard InChI is InChI=1S/C36H28BrClN2O5S/c1-3-44-35(42)30-31(23-8-5-4-6-9-23)39-36-40(32(30)24-14-18-27(38)19-15-24)34(41)29(46-36)20-25-10-7-11-28(43-2)33(25)45-21-22-12-16-26(37)17-13-22/h4-20,32H,3,21H2,1-2H3/b29-20-/t32-/m1/s1. The average Bonchev–Trinajstić information content (AvgIpc) is 3.38. The van der Waals surface area contributed by atoms with E-state index in [9.17, 15) is 9.59 Å². The predicted octanol–water partition coefficient (Wildman–Crippen LogP) is 6.94. The lowest BCUT2D eigenvalue weighted by Gasteiger charge is -2.26. The van der Waals surface area contributed by atoms with Gasteiger partial charge in [-0.1, -0.05) is 106 Å². The number of hydrogen-bond acceptors (Lipinski definition) is 7. The summed E-state index contributed by atoms with van der Waals surface area (Å²) in [5.41, 5.74) is 3.49. The average molecular weight is 716 g/mol. The highest BCUT2D eigenvalue weighted by atomic mass is 79.9. The van der Waals surface area contributed by atoms with E-state index in [1.165, 1.54) is 11.3 Å². The van der Waals surface area contributed by atoms with Crippen molar-refractivity contribution in [1.82, 2.24) is 4.57 Å². The summed E-state index contributed by atoms with van der Waals surface area (Å²) in [4.78, 5) is 33.3. The Bertz CT molecular complexity index is 2110. The maximum Gasteiger partial charge on any atom is 0.338 e. The van der Waals surface area contributed by atoms with Gasteiger partial charge in [-0.3, -0.25) is 9.36 Å². The van der Waals surface area contributed by atoms with E-state index >= 15 is 0 Å². The van der Waals surface area contributed by atoms with Crippen molar-refractivity contribution in [3.05, 3.63) is 154 Å². The Morgan fingerprint density at radius 1 is 1.00 bits per heavy atom. The SMILES string of the molecule is CCOC(=O)C1=C(c2ccccc2)N=c2s/c(=C\c3cccc(OC)c3OCc3ccc(Br)cc3)c(=O)n2[C@@H]1c1ccc(Cl)cc1. The lowest BCUT2D eigenvalue weighted by Crippen LogP contribution is -2.40. The highest BCUT2D eigenvalue weighted by Crippen LogP contribution is 2.36. The summed E-state index contributed by atoms with van der Waals surface area (Å²) in [7, 11) is 1.58. The van der Waals surface area contributed by atoms with Crippen LogP contribution in [0.3, 0.4) is 0 Å². The predicted molar refractivity (Wildman–Crippen MR) is 184 cm³/mol. The van der Waals surface area contributed by atoms with E-state index in [1.54, 1.807) is 36.8 Å². The van der Waals surface area contributed by atoms with Crippen LogP contribution in [0.1, 0.15) is 35.2 Å². The third kappa shape index (κ3) is 6.44. The molecule has 0 radical (unpaired) electrons. The van der Waals surface area contributed by atoms with Crippen molar-refractivity contribution in [2.75, 3.05) is 13.7 Å². The molecule has 46 heavy (non-hydrogen) atoms. The number of ether oxygens (including phenoxy) is 3. The van der Waals surface area contributed by atoms with Gasteiger partial charge < -0.3 is 14.2 Å². The summed E-state index contributed by atoms with van der Waals surface area (Å²) in [6, 6.07) is 29.1. The maximum atomic E-state index is 14.3. The molecule has 0 saturated heterocycles. The van der Waals surface area contributed by atoms with Crippen LogP contribution in [0.5, 0.6) is 11.5 Å². The van der Waals surface area contributed by atoms with Crippen molar-refractivity contribution in [2.45, 2.75) is 19.6 Å². The van der Waals surface area contributed by atoms with Gasteiger partial charge in [0.2, 0.25) is 0 Å². The number of thiazole rings is 1. The lowest BCUT2D eigenvalue weighted by molar-refractivity contribution is -0.138. The third-order valence-electron chi connectivity index (χ3n) is 7.37. The van der Waals surface area contributed by atoms with Crippen molar-refractivity contribution in [3.8, 4) is 11.5 Å². The van der Waals surface area contributed by atoms with Crippen LogP contribution in [-0.4, -0.2) is 24.3 Å². The van der Waals surface area contributed by atoms with E-state index in [2.05, 4.69) is 15.9 Å². The van der Waals surface area contributed by atoms with Crippen molar-refractivity contribution < 1.29 is 19.0 Å². The van der Waals surface area contributed by atoms with Gasteiger partial charge in [-0.25, -0.2) is 9.79 Å². The molecule has 1 aromatic heterocycles. The van der Waals surface area contributed by atoms with Gasteiger partial charge in [0.1, 0.15) is 6.61 Å². The highest BCUT2D eigenvalue weighted by molar-refractivity contribution is 9.10. The second-order valence-electron chi connectivity index (χ2n) is 10.3. The highest BCUT2D eigenvalue weighted by Gasteiger charge is 2.35. The second kappa shape index (κ2) is 13.9. The molecule has 0 fully saturated rings. The number of esters is 1. The zero-order valence-electron chi connectivity index (χ0n) is 24.9. The molecule has 0 N–H and O–H groups in total. The number of nitrogens with zero attached hydrogens (tertiary/aromatic N) is 2. The molecule has 1 aliphatic rings. The molecule has 0 bridgehead atoms. The molecule has 10 heteroatoms. The van der Waals surface area contributed by atoms with Crippen molar-refractivity contribution in [1.29, 1.82) is 0 Å². The smallest absolute Gasteiger partial charge is 0.338 e. The van der Waals surface area contributed by atoms with Crippen molar-refractivity contribution in [2.24, 2.45) is 4.99 Å². The fourth-order valence-electron chi connectivity index (χ4n) is 5.24. The van der Waals surface area contributed by atoms with E-state index in [0.29, 0.717) is 49.3 Å². The van der Waals surface area contributed by atoms with Crippen LogP contribution in [0, 0.1) is 0 Å². The molecular weight excluding hydrogens is 688 g/mol. The summed E-state index contributed by atoms with van der Waals surface area (Å²) < 4.78 is 20.4. The minimum Gasteiger partial charge on any atom is -0.493 e. The van der Waals surface area contributed by atoms with E-state index in [1.807, 2.05) is 84.9 Å². The normalized spacial score (nSPS) is 14.4. The Morgan fingerprint density at radius 3 is 2.43 bits per heavy atom. The molecule has 1 atom stereocenters. The molecule has 0 spiro atoms. The van der Waals surface area contributed by atoms with Gasteiger partial charge in [0.05, 0.1) is 35.6 Å². The molecule has 0 saturated carbocycles. The molecule has 5 aromatic rings. The summed E-state index contributed by atoms with van der Waals surface area (Å²) >= 11 is 10.9. The molecular formula is C36H28BrClN2O5S. The van der Waals surface area contributed by atoms with Crippen LogP contribution < -0.4 is 24.4 Å². The molecule has 0 amide bonds. The number of fused-ring (bicyclic) bond motifs is 1. The van der Waals surface area contributed by atoms with Gasteiger partial charge in [0, 0.05) is 20.6 Å². The third-order valence-corrected chi connectivity index (χ3v) is 9.14. The number of hydrogen-bond donors (Lipinski definition) is 0. The van der Waals surface area contributed by atoms with Crippen molar-refractivity contribution >= 4 is 56.6 Å². The molecule has 4 aromatic carbocycles. The number of halogens is 2. The van der Waals surface area contributed by atoms with Gasteiger partial charge >= 0.3 is 5.97 Å². The summed E-state index contributed by atoms with van der Waals surface area (Å²) in [5.74, 6) is 0.495. The molecule has 1 aliphatic heterocycles. The van der Waals surface area contributed by atoms with Crippen LogP contribution in [0.4, 0.5) is 0 Å². The molecule has 232 valence electrons. The zero-order chi connectivity index (χ0) is 32.2. The molecule has 7 nitrogen and oxygen atoms in total. The van der Waals surface area contributed by atoms with Crippen LogP contribution >= 0.6 is 38.9 Å². The molecule has 0 aliphatic carbocycles. The number of methoxy groups -OCH3 is 1. The number of benzene rings is 4. The summed E-state index contributed by atoms with van der Waals surface area (Å²) in [6.07, 6.45) is 1.78. The molecule has 6 rings (SSSR count). The number of para-hydroxylation sites is 1. The van der Waals surface area contributed by atoms with Gasteiger partial charge in [-0.05, 0) is 54.5 Å². The largest absolute Gasteiger partial charge is 0.493 e. The first-order valence-electron chi connectivity index (χ1n) is 14.5. The first kappa shape index (κ1) is 31.5. The first-order chi connectivity index (χ1) is 22.4. The quantitative estimate of drug-likeness (QED) is 0.155. The fraction of sp³-hybridized carbons (Fsp3) is 0.139. The summed E-state index contributed by atoms with van der Waals surface area (Å²) in [5, 5.41) is 0.537. The van der Waals surface area contributed by atoms with E-state index < -0.39 is 12.0 Å².